The molecule has 136 heavy (non-hydrogen) atoms. The largest absolute Gasteiger partial charge is 0.309 e. The van der Waals surface area contributed by atoms with Gasteiger partial charge in [0.15, 0.2) is 0 Å². The summed E-state index contributed by atoms with van der Waals surface area (Å²) >= 11 is 0. The van der Waals surface area contributed by atoms with E-state index >= 15 is 0 Å². The molecule has 0 saturated carbocycles. The monoisotopic (exact) mass is 1750 g/mol. The molecule has 654 valence electrons. The lowest BCUT2D eigenvalue weighted by Crippen LogP contribution is -2.15. The Kier molecular flexibility index (Phi) is 19.4. The van der Waals surface area contributed by atoms with Gasteiger partial charge < -0.3 is 18.3 Å². The Morgan fingerprint density at radius 2 is 0.397 bits per heavy atom. The van der Waals surface area contributed by atoms with Crippen LogP contribution in [0.4, 0.5) is 0 Å². The number of aromatic nitrogens is 8. The summed E-state index contributed by atoms with van der Waals surface area (Å²) in [5.74, 6) is 0. The average Bonchev–Trinajstić information content (AvgIpc) is 1.62. The van der Waals surface area contributed by atoms with E-state index in [9.17, 15) is 0 Å². The quantitative estimate of drug-likeness (QED) is 0.115. The summed E-state index contributed by atoms with van der Waals surface area (Å²) in [6, 6.07) is 147. The Balaban J connectivity index is 0.548. The SMILES string of the molecule is CC(C)(C)c1ccc2c(c1)c1ccccc1n2-c1ccc(-c2ccc(-c3nc4ccc(-c5ccc6c(c5)c5ccccc5n6-c5ccc(-c6ccc(-c7nc8ccccc8nc7-c7ccc(-c8ccc(-n9c%10ccccc%10c%10ccccc%109)c(C(C)(C)C)c8)cc7)cc6)cc5C(C)(C)C)cc4nc3-c3ccc(-c4ccc(-n5c6ccccc6c6cc(C(C)(C)C)ccc65)cc4)cc3)cc2)cc1. The zero-order valence-corrected chi connectivity index (χ0v) is 78.7. The van der Waals surface area contributed by atoms with Gasteiger partial charge in [-0.2, -0.15) is 0 Å². The number of para-hydroxylation sites is 7. The molecule has 0 radical (unpaired) electrons. The van der Waals surface area contributed by atoms with Crippen molar-refractivity contribution in [2.45, 2.75) is 105 Å². The van der Waals surface area contributed by atoms with E-state index in [2.05, 4.69) is 490 Å². The first-order chi connectivity index (χ1) is 65.9. The molecule has 0 saturated heterocycles. The highest BCUT2D eigenvalue weighted by atomic mass is 15.0. The Morgan fingerprint density at radius 1 is 0.162 bits per heavy atom. The van der Waals surface area contributed by atoms with Gasteiger partial charge >= 0.3 is 0 Å². The van der Waals surface area contributed by atoms with E-state index in [1.54, 1.807) is 0 Å². The molecule has 0 aliphatic rings. The maximum absolute atomic E-state index is 5.71. The summed E-state index contributed by atoms with van der Waals surface area (Å²) in [5.41, 5.74) is 40.8. The number of hydrogen-bond donors (Lipinski definition) is 0. The molecule has 0 spiro atoms. The van der Waals surface area contributed by atoms with Crippen LogP contribution in [0.15, 0.2) is 400 Å². The lowest BCUT2D eigenvalue weighted by molar-refractivity contribution is 0.587. The zero-order valence-electron chi connectivity index (χ0n) is 78.7. The van der Waals surface area contributed by atoms with E-state index in [0.717, 1.165) is 145 Å². The molecule has 0 fully saturated rings. The van der Waals surface area contributed by atoms with E-state index in [0.29, 0.717) is 0 Å². The van der Waals surface area contributed by atoms with Crippen molar-refractivity contribution in [3.8, 4) is 123 Å². The first-order valence-electron chi connectivity index (χ1n) is 47.5. The first kappa shape index (κ1) is 83.0. The summed E-state index contributed by atoms with van der Waals surface area (Å²) in [5, 5.41) is 9.93. The third-order valence-corrected chi connectivity index (χ3v) is 28.2. The number of fused-ring (bicyclic) bond motifs is 14. The summed E-state index contributed by atoms with van der Waals surface area (Å²) in [6.45, 7) is 27.7. The van der Waals surface area contributed by atoms with Gasteiger partial charge in [0.25, 0.3) is 0 Å². The Morgan fingerprint density at radius 3 is 0.750 bits per heavy atom. The Labute approximate surface area is 792 Å². The van der Waals surface area contributed by atoms with Gasteiger partial charge in [-0.1, -0.05) is 344 Å². The molecule has 0 bridgehead atoms. The minimum absolute atomic E-state index is 0.0327. The van der Waals surface area contributed by atoms with Gasteiger partial charge in [0.05, 0.1) is 89.0 Å². The molecule has 24 rings (SSSR count). The zero-order chi connectivity index (χ0) is 92.4. The molecule has 0 aliphatic carbocycles. The Hall–Kier alpha value is -16.2. The molecule has 24 aromatic rings. The van der Waals surface area contributed by atoms with Crippen LogP contribution in [0, 0.1) is 0 Å². The molecule has 0 N–H and O–H groups in total. The maximum Gasteiger partial charge on any atom is 0.0973 e. The minimum atomic E-state index is -0.239. The van der Waals surface area contributed by atoms with E-state index in [4.69, 9.17) is 19.9 Å². The molecule has 0 atom stereocenters. The maximum atomic E-state index is 5.71. The van der Waals surface area contributed by atoms with E-state index < -0.39 is 0 Å². The van der Waals surface area contributed by atoms with Crippen molar-refractivity contribution in [2.24, 2.45) is 0 Å². The molecule has 18 aromatic carbocycles. The summed E-state index contributed by atoms with van der Waals surface area (Å²) in [4.78, 5) is 22.1. The van der Waals surface area contributed by atoms with E-state index in [-0.39, 0.29) is 21.7 Å². The first-order valence-corrected chi connectivity index (χ1v) is 47.5. The molecule has 6 aromatic heterocycles. The molecule has 0 aliphatic heterocycles. The molecule has 0 amide bonds. The van der Waals surface area contributed by atoms with Crippen LogP contribution in [0.25, 0.3) is 233 Å². The fraction of sp³-hybridized carbons (Fsp3) is 0.125. The van der Waals surface area contributed by atoms with Crippen molar-refractivity contribution in [1.82, 2.24) is 38.2 Å². The van der Waals surface area contributed by atoms with Crippen molar-refractivity contribution in [3.05, 3.63) is 423 Å². The predicted octanol–water partition coefficient (Wildman–Crippen LogP) is 34.2. The van der Waals surface area contributed by atoms with E-state index in [1.807, 2.05) is 12.1 Å². The van der Waals surface area contributed by atoms with E-state index in [1.165, 1.54) is 110 Å². The van der Waals surface area contributed by atoms with Gasteiger partial charge in [0.1, 0.15) is 0 Å². The van der Waals surface area contributed by atoms with Gasteiger partial charge in [-0.25, -0.2) is 19.9 Å². The summed E-state index contributed by atoms with van der Waals surface area (Å²) in [7, 11) is 0. The smallest absolute Gasteiger partial charge is 0.0973 e. The van der Waals surface area contributed by atoms with Crippen molar-refractivity contribution in [1.29, 1.82) is 0 Å². The van der Waals surface area contributed by atoms with Crippen LogP contribution in [-0.2, 0) is 21.7 Å². The third kappa shape index (κ3) is 14.3. The topological polar surface area (TPSA) is 71.3 Å². The van der Waals surface area contributed by atoms with Crippen LogP contribution in [0.3, 0.4) is 0 Å². The van der Waals surface area contributed by atoms with Crippen LogP contribution in [0.1, 0.15) is 105 Å². The van der Waals surface area contributed by atoms with Gasteiger partial charge in [-0.05, 0) is 239 Å². The molecule has 8 heteroatoms. The number of nitrogens with zero attached hydrogens (tertiary/aromatic N) is 8. The Bertz CT molecular complexity index is 8890. The predicted molar refractivity (Wildman–Crippen MR) is 574 cm³/mol. The van der Waals surface area contributed by atoms with Crippen LogP contribution in [-0.4, -0.2) is 38.2 Å². The average molecular weight is 1750 g/mol. The molecule has 8 nitrogen and oxygen atoms in total. The number of hydrogen-bond acceptors (Lipinski definition) is 4. The number of benzene rings is 18. The van der Waals surface area contributed by atoms with Gasteiger partial charge in [0, 0.05) is 88.1 Å². The molecular weight excluding hydrogens is 1650 g/mol. The summed E-state index contributed by atoms with van der Waals surface area (Å²) in [6.07, 6.45) is 0. The highest BCUT2D eigenvalue weighted by molar-refractivity contribution is 6.14. The molecule has 0 unspecified atom stereocenters. The standard InChI is InChI=1S/C128H102N8/c1-125(2,3)93-61-71-116-103(77-93)100-28-15-20-32-111(100)133(116)95-63-53-81(54-64-95)79-37-45-85(46-38-79)123-124(88-47-39-80(40-48-88)82-55-65-96(66-56-82)134-112-33-21-16-29-101(112)104-78-94(126(4,5)6)62-72-117(104)134)132-110-76-92(57-67-109(110)131-123)89-58-68-118-102(73-89)99-27-17-24-36-115(99)136(118)120-70-60-91(75-106(120)128(10,11)12)84-43-51-87(52-44-84)122-121(129-107-30-18-19-31-108(107)130-122)86-49-41-83(42-50-86)90-59-69-119(105(74-90)127(7,8)9)135-113-34-22-13-25-97(113)98-26-14-23-35-114(98)135/h13-78H,1-12H3. The third-order valence-electron chi connectivity index (χ3n) is 28.2. The van der Waals surface area contributed by atoms with Gasteiger partial charge in [0.2, 0.25) is 0 Å². The fourth-order valence-corrected chi connectivity index (χ4v) is 21.0. The highest BCUT2D eigenvalue weighted by Gasteiger charge is 2.29. The lowest BCUT2D eigenvalue weighted by Gasteiger charge is -2.25. The lowest BCUT2D eigenvalue weighted by atomic mass is 9.83. The van der Waals surface area contributed by atoms with Gasteiger partial charge in [-0.3, -0.25) is 0 Å². The second-order valence-electron chi connectivity index (χ2n) is 41.0. The minimum Gasteiger partial charge on any atom is -0.309 e. The normalized spacial score (nSPS) is 12.4. The second-order valence-corrected chi connectivity index (χ2v) is 41.0. The second kappa shape index (κ2) is 31.8. The van der Waals surface area contributed by atoms with Crippen LogP contribution >= 0.6 is 0 Å². The van der Waals surface area contributed by atoms with Crippen LogP contribution < -0.4 is 0 Å². The van der Waals surface area contributed by atoms with Crippen molar-refractivity contribution in [3.63, 3.8) is 0 Å². The van der Waals surface area contributed by atoms with Crippen molar-refractivity contribution >= 4 is 109 Å². The van der Waals surface area contributed by atoms with Crippen molar-refractivity contribution in [2.75, 3.05) is 0 Å². The van der Waals surface area contributed by atoms with Gasteiger partial charge in [-0.15, -0.1) is 0 Å². The fourth-order valence-electron chi connectivity index (χ4n) is 21.0. The molecule has 6 heterocycles. The van der Waals surface area contributed by atoms with Crippen LogP contribution in [0.5, 0.6) is 0 Å². The van der Waals surface area contributed by atoms with Crippen molar-refractivity contribution < 1.29 is 0 Å². The summed E-state index contributed by atoms with van der Waals surface area (Å²) < 4.78 is 9.74. The van der Waals surface area contributed by atoms with Crippen LogP contribution in [0.2, 0.25) is 0 Å². The highest BCUT2D eigenvalue weighted by Crippen LogP contribution is 2.47. The number of rotatable bonds is 13. The molecular formula is C128H102N8.